The summed E-state index contributed by atoms with van der Waals surface area (Å²) in [4.78, 5) is 14.6. The highest BCUT2D eigenvalue weighted by molar-refractivity contribution is 5.76. The van der Waals surface area contributed by atoms with E-state index in [0.29, 0.717) is 18.9 Å². The fourth-order valence-electron chi connectivity index (χ4n) is 4.27. The first-order valence-electron chi connectivity index (χ1n) is 8.66. The summed E-state index contributed by atoms with van der Waals surface area (Å²) in [7, 11) is 0. The van der Waals surface area contributed by atoms with E-state index in [0.717, 1.165) is 31.9 Å². The first kappa shape index (κ1) is 15.3. The molecule has 120 valence electrons. The normalized spacial score (nSPS) is 37.5. The van der Waals surface area contributed by atoms with Crippen molar-refractivity contribution in [1.29, 1.82) is 0 Å². The van der Waals surface area contributed by atoms with Crippen LogP contribution in [0.15, 0.2) is 0 Å². The molecular weight excluding hydrogens is 266 g/mol. The second-order valence-electron chi connectivity index (χ2n) is 7.22. The Hall–Kier alpha value is -0.610. The summed E-state index contributed by atoms with van der Waals surface area (Å²) in [5.41, 5.74) is -0.263. The molecule has 1 saturated carbocycles. The van der Waals surface area contributed by atoms with Crippen LogP contribution in [0.4, 0.5) is 0 Å². The van der Waals surface area contributed by atoms with Crippen molar-refractivity contribution in [2.45, 2.75) is 76.6 Å². The maximum absolute atomic E-state index is 12.6. The first-order valence-corrected chi connectivity index (χ1v) is 8.66. The average molecular weight is 295 g/mol. The van der Waals surface area contributed by atoms with Crippen LogP contribution in [0.2, 0.25) is 0 Å². The van der Waals surface area contributed by atoms with Crippen LogP contribution in [-0.2, 0) is 14.3 Å². The van der Waals surface area contributed by atoms with Gasteiger partial charge >= 0.3 is 0 Å². The molecular formula is C17H29NO3. The summed E-state index contributed by atoms with van der Waals surface area (Å²) in [5, 5.41) is 0. The van der Waals surface area contributed by atoms with Crippen molar-refractivity contribution in [3.8, 4) is 0 Å². The first-order chi connectivity index (χ1) is 10.1. The van der Waals surface area contributed by atoms with Crippen molar-refractivity contribution in [2.75, 3.05) is 19.7 Å². The third-order valence-electron chi connectivity index (χ3n) is 5.60. The quantitative estimate of drug-likeness (QED) is 0.803. The Morgan fingerprint density at radius 3 is 2.71 bits per heavy atom. The maximum atomic E-state index is 12.6. The smallest absolute Gasteiger partial charge is 0.222 e. The summed E-state index contributed by atoms with van der Waals surface area (Å²) >= 11 is 0. The molecule has 2 heterocycles. The lowest BCUT2D eigenvalue weighted by atomic mass is 9.92. The zero-order valence-electron chi connectivity index (χ0n) is 13.5. The number of carbonyl (C=O) groups is 1. The number of rotatable bonds is 3. The number of carbonyl (C=O) groups excluding carboxylic acids is 1. The Morgan fingerprint density at radius 2 is 2.05 bits per heavy atom. The van der Waals surface area contributed by atoms with Gasteiger partial charge in [0.15, 0.2) is 0 Å². The van der Waals surface area contributed by atoms with Gasteiger partial charge in [-0.05, 0) is 26.2 Å². The van der Waals surface area contributed by atoms with Crippen LogP contribution < -0.4 is 0 Å². The van der Waals surface area contributed by atoms with Crippen LogP contribution in [-0.4, -0.2) is 48.3 Å². The molecule has 21 heavy (non-hydrogen) atoms. The standard InChI is InChI=1S/C17H29NO3/c1-13-11-18(12-17(21-13)9-10-20-14(17)2)16(19)8-7-15-5-3-4-6-15/h13-15H,3-12H2,1-2H3. The monoisotopic (exact) mass is 295 g/mol. The van der Waals surface area contributed by atoms with Crippen LogP contribution in [0.3, 0.4) is 0 Å². The highest BCUT2D eigenvalue weighted by Gasteiger charge is 2.48. The number of hydrogen-bond donors (Lipinski definition) is 0. The van der Waals surface area contributed by atoms with Crippen molar-refractivity contribution in [1.82, 2.24) is 4.90 Å². The highest BCUT2D eigenvalue weighted by Crippen LogP contribution is 2.35. The molecule has 4 heteroatoms. The van der Waals surface area contributed by atoms with Crippen molar-refractivity contribution < 1.29 is 14.3 Å². The van der Waals surface area contributed by atoms with Crippen molar-refractivity contribution in [3.63, 3.8) is 0 Å². The fraction of sp³-hybridized carbons (Fsp3) is 0.941. The van der Waals surface area contributed by atoms with Gasteiger partial charge in [0.25, 0.3) is 0 Å². The Labute approximate surface area is 128 Å². The average Bonchev–Trinajstić information content (AvgIpc) is 3.07. The summed E-state index contributed by atoms with van der Waals surface area (Å²) < 4.78 is 11.9. The lowest BCUT2D eigenvalue weighted by Crippen LogP contribution is -2.59. The van der Waals surface area contributed by atoms with Gasteiger partial charge in [-0.15, -0.1) is 0 Å². The lowest BCUT2D eigenvalue weighted by Gasteiger charge is -2.45. The summed E-state index contributed by atoms with van der Waals surface area (Å²) in [6.07, 6.45) is 8.24. The van der Waals surface area contributed by atoms with Gasteiger partial charge in [0.05, 0.1) is 18.8 Å². The molecule has 1 spiro atoms. The predicted octanol–water partition coefficient (Wildman–Crippen LogP) is 2.75. The topological polar surface area (TPSA) is 38.8 Å². The SMILES string of the molecule is CC1CN(C(=O)CCC2CCCC2)CC2(CCOC2C)O1. The number of hydrogen-bond acceptors (Lipinski definition) is 3. The molecule has 2 aliphatic heterocycles. The van der Waals surface area contributed by atoms with Crippen LogP contribution >= 0.6 is 0 Å². The van der Waals surface area contributed by atoms with E-state index in [1.54, 1.807) is 0 Å². The van der Waals surface area contributed by atoms with Crippen molar-refractivity contribution >= 4 is 5.91 Å². The molecule has 3 unspecified atom stereocenters. The maximum Gasteiger partial charge on any atom is 0.222 e. The van der Waals surface area contributed by atoms with Gasteiger partial charge in [-0.25, -0.2) is 0 Å². The molecule has 1 aliphatic carbocycles. The Kier molecular flexibility index (Phi) is 4.55. The zero-order chi connectivity index (χ0) is 14.9. The molecule has 2 saturated heterocycles. The van der Waals surface area contributed by atoms with E-state index in [4.69, 9.17) is 9.47 Å². The second-order valence-corrected chi connectivity index (χ2v) is 7.22. The van der Waals surface area contributed by atoms with Gasteiger partial charge < -0.3 is 14.4 Å². The van der Waals surface area contributed by atoms with Gasteiger partial charge in [0, 0.05) is 26.0 Å². The number of morpholine rings is 1. The predicted molar refractivity (Wildman–Crippen MR) is 81.1 cm³/mol. The number of nitrogens with zero attached hydrogens (tertiary/aromatic N) is 1. The number of amides is 1. The molecule has 0 aromatic heterocycles. The highest BCUT2D eigenvalue weighted by atomic mass is 16.6. The number of ether oxygens (including phenoxy) is 2. The summed E-state index contributed by atoms with van der Waals surface area (Å²) in [5.74, 6) is 1.10. The molecule has 3 aliphatic rings. The van der Waals surface area contributed by atoms with Gasteiger partial charge in [-0.1, -0.05) is 25.7 Å². The van der Waals surface area contributed by atoms with Gasteiger partial charge in [-0.3, -0.25) is 4.79 Å². The van der Waals surface area contributed by atoms with E-state index in [2.05, 4.69) is 13.8 Å². The molecule has 3 atom stereocenters. The Balaban J connectivity index is 1.57. The minimum absolute atomic E-state index is 0.0883. The van der Waals surface area contributed by atoms with E-state index < -0.39 is 0 Å². The van der Waals surface area contributed by atoms with Crippen LogP contribution in [0.5, 0.6) is 0 Å². The summed E-state index contributed by atoms with van der Waals surface area (Å²) in [6, 6.07) is 0. The van der Waals surface area contributed by atoms with Crippen LogP contribution in [0.25, 0.3) is 0 Å². The Morgan fingerprint density at radius 1 is 1.29 bits per heavy atom. The second kappa shape index (κ2) is 6.25. The van der Waals surface area contributed by atoms with E-state index in [1.165, 1.54) is 25.7 Å². The molecule has 0 bridgehead atoms. The van der Waals surface area contributed by atoms with E-state index >= 15 is 0 Å². The minimum Gasteiger partial charge on any atom is -0.375 e. The van der Waals surface area contributed by atoms with Crippen molar-refractivity contribution in [2.24, 2.45) is 5.92 Å². The summed E-state index contributed by atoms with van der Waals surface area (Å²) in [6.45, 7) is 6.34. The van der Waals surface area contributed by atoms with E-state index in [-0.39, 0.29) is 17.8 Å². The van der Waals surface area contributed by atoms with Crippen LogP contribution in [0.1, 0.15) is 58.8 Å². The van der Waals surface area contributed by atoms with E-state index in [1.807, 2.05) is 4.90 Å². The molecule has 4 nitrogen and oxygen atoms in total. The molecule has 0 aromatic rings. The van der Waals surface area contributed by atoms with Gasteiger partial charge in [0.1, 0.15) is 5.60 Å². The largest absolute Gasteiger partial charge is 0.375 e. The molecule has 0 N–H and O–H groups in total. The Bertz CT molecular complexity index is 380. The molecule has 0 aromatic carbocycles. The van der Waals surface area contributed by atoms with Crippen molar-refractivity contribution in [3.05, 3.63) is 0 Å². The lowest BCUT2D eigenvalue weighted by molar-refractivity contribution is -0.179. The molecule has 3 fully saturated rings. The molecule has 0 radical (unpaired) electrons. The molecule has 3 rings (SSSR count). The van der Waals surface area contributed by atoms with Gasteiger partial charge in [-0.2, -0.15) is 0 Å². The minimum atomic E-state index is -0.263. The van der Waals surface area contributed by atoms with Gasteiger partial charge in [0.2, 0.25) is 5.91 Å². The fourth-order valence-corrected chi connectivity index (χ4v) is 4.27. The van der Waals surface area contributed by atoms with Crippen LogP contribution in [0, 0.1) is 5.92 Å². The van der Waals surface area contributed by atoms with E-state index in [9.17, 15) is 4.79 Å². The zero-order valence-corrected chi connectivity index (χ0v) is 13.5. The third kappa shape index (κ3) is 3.26. The third-order valence-corrected chi connectivity index (χ3v) is 5.60. The molecule has 1 amide bonds.